The van der Waals surface area contributed by atoms with Crippen LogP contribution in [-0.4, -0.2) is 34.3 Å². The van der Waals surface area contributed by atoms with Gasteiger partial charge in [-0.3, -0.25) is 4.79 Å². The van der Waals surface area contributed by atoms with Gasteiger partial charge >= 0.3 is 5.97 Å². The van der Waals surface area contributed by atoms with Crippen LogP contribution in [0.2, 0.25) is 5.15 Å². The Kier molecular flexibility index (Phi) is 5.98. The zero-order valence-electron chi connectivity index (χ0n) is 13.9. The highest BCUT2D eigenvalue weighted by atomic mass is 35.5. The van der Waals surface area contributed by atoms with Crippen molar-refractivity contribution in [3.8, 4) is 5.69 Å². The predicted molar refractivity (Wildman–Crippen MR) is 91.5 cm³/mol. The van der Waals surface area contributed by atoms with E-state index >= 15 is 0 Å². The number of aryl methyl sites for hydroxylation is 1. The smallest absolute Gasteiger partial charge is 0.343 e. The first-order valence-electron chi connectivity index (χ1n) is 7.71. The van der Waals surface area contributed by atoms with Crippen molar-refractivity contribution in [1.29, 1.82) is 0 Å². The van der Waals surface area contributed by atoms with Crippen LogP contribution in [0.15, 0.2) is 30.3 Å². The molecule has 24 heavy (non-hydrogen) atoms. The van der Waals surface area contributed by atoms with E-state index in [0.717, 1.165) is 12.1 Å². The fraction of sp³-hybridized carbons (Fsp3) is 0.353. The van der Waals surface area contributed by atoms with Crippen LogP contribution in [0.25, 0.3) is 5.69 Å². The summed E-state index contributed by atoms with van der Waals surface area (Å²) in [6.07, 6.45) is 0.800. The number of carbonyl (C=O) groups excluding carboxylic acids is 2. The Balaban J connectivity index is 2.11. The molecule has 6 nitrogen and oxygen atoms in total. The molecule has 0 aliphatic carbocycles. The van der Waals surface area contributed by atoms with Crippen LogP contribution in [0, 0.1) is 6.92 Å². The lowest BCUT2D eigenvalue weighted by Gasteiger charge is -2.11. The van der Waals surface area contributed by atoms with Gasteiger partial charge in [-0.1, -0.05) is 36.7 Å². The van der Waals surface area contributed by atoms with Gasteiger partial charge < -0.3 is 10.1 Å². The van der Waals surface area contributed by atoms with Crippen molar-refractivity contribution in [3.05, 3.63) is 46.7 Å². The number of hydrogen-bond acceptors (Lipinski definition) is 4. The lowest BCUT2D eigenvalue weighted by molar-refractivity contribution is -0.124. The van der Waals surface area contributed by atoms with Gasteiger partial charge in [-0.2, -0.15) is 5.10 Å². The number of nitrogens with zero attached hydrogens (tertiary/aromatic N) is 2. The second-order valence-electron chi connectivity index (χ2n) is 5.45. The topological polar surface area (TPSA) is 73.2 Å². The fourth-order valence-electron chi connectivity index (χ4n) is 2.09. The fourth-order valence-corrected chi connectivity index (χ4v) is 2.44. The molecule has 7 heteroatoms. The molecule has 1 aromatic heterocycles. The first kappa shape index (κ1) is 18.0. The molecule has 0 spiro atoms. The molecular weight excluding hydrogens is 330 g/mol. The molecule has 1 amide bonds. The van der Waals surface area contributed by atoms with Crippen molar-refractivity contribution in [3.63, 3.8) is 0 Å². The monoisotopic (exact) mass is 349 g/mol. The van der Waals surface area contributed by atoms with Gasteiger partial charge in [0.25, 0.3) is 5.91 Å². The zero-order valence-corrected chi connectivity index (χ0v) is 14.6. The highest BCUT2D eigenvalue weighted by Gasteiger charge is 2.23. The first-order valence-corrected chi connectivity index (χ1v) is 8.08. The third-order valence-corrected chi connectivity index (χ3v) is 3.91. The van der Waals surface area contributed by atoms with Crippen LogP contribution >= 0.6 is 11.6 Å². The van der Waals surface area contributed by atoms with Crippen LogP contribution in [0.3, 0.4) is 0 Å². The average Bonchev–Trinajstić information content (AvgIpc) is 2.88. The Morgan fingerprint density at radius 3 is 2.62 bits per heavy atom. The highest BCUT2D eigenvalue weighted by molar-refractivity contribution is 6.33. The standard InChI is InChI=1S/C17H20ClN3O3/c1-4-11(2)19-14(22)10-24-17(23)15-12(3)20-21(16(15)18)13-8-6-5-7-9-13/h5-9,11H,4,10H2,1-3H3,(H,19,22)/t11-/m1/s1. The maximum atomic E-state index is 12.3. The Labute approximate surface area is 145 Å². The normalized spacial score (nSPS) is 11.8. The van der Waals surface area contributed by atoms with Gasteiger partial charge in [0.15, 0.2) is 6.61 Å². The van der Waals surface area contributed by atoms with Crippen LogP contribution in [0.4, 0.5) is 0 Å². The largest absolute Gasteiger partial charge is 0.452 e. The molecule has 0 radical (unpaired) electrons. The third-order valence-electron chi connectivity index (χ3n) is 3.56. The number of esters is 1. The molecule has 128 valence electrons. The van der Waals surface area contributed by atoms with Crippen molar-refractivity contribution in [2.75, 3.05) is 6.61 Å². The Hall–Kier alpha value is -2.34. The van der Waals surface area contributed by atoms with E-state index in [0.29, 0.717) is 5.69 Å². The molecule has 0 saturated carbocycles. The number of ether oxygens (including phenoxy) is 1. The SMILES string of the molecule is CC[C@@H](C)NC(=O)COC(=O)c1c(C)nn(-c2ccccc2)c1Cl. The summed E-state index contributed by atoms with van der Waals surface area (Å²) in [6.45, 7) is 5.15. The zero-order chi connectivity index (χ0) is 17.7. The van der Waals surface area contributed by atoms with E-state index in [9.17, 15) is 9.59 Å². The van der Waals surface area contributed by atoms with E-state index < -0.39 is 5.97 Å². The molecule has 0 saturated heterocycles. The number of amides is 1. The van der Waals surface area contributed by atoms with E-state index in [1.165, 1.54) is 4.68 Å². The van der Waals surface area contributed by atoms with Crippen LogP contribution in [0.5, 0.6) is 0 Å². The first-order chi connectivity index (χ1) is 11.4. The second kappa shape index (κ2) is 7.97. The molecule has 0 aliphatic rings. The average molecular weight is 350 g/mol. The lowest BCUT2D eigenvalue weighted by atomic mass is 10.2. The minimum atomic E-state index is -0.668. The molecule has 2 aromatic rings. The molecule has 1 heterocycles. The highest BCUT2D eigenvalue weighted by Crippen LogP contribution is 2.24. The van der Waals surface area contributed by atoms with Gasteiger partial charge in [-0.25, -0.2) is 9.48 Å². The van der Waals surface area contributed by atoms with Gasteiger partial charge in [-0.15, -0.1) is 0 Å². The molecule has 1 N–H and O–H groups in total. The summed E-state index contributed by atoms with van der Waals surface area (Å²) in [5.74, 6) is -1.01. The van der Waals surface area contributed by atoms with Crippen LogP contribution in [-0.2, 0) is 9.53 Å². The summed E-state index contributed by atoms with van der Waals surface area (Å²) in [6, 6.07) is 9.25. The number of halogens is 1. The molecular formula is C17H20ClN3O3. The number of rotatable bonds is 6. The van der Waals surface area contributed by atoms with Gasteiger partial charge in [0, 0.05) is 6.04 Å². The Morgan fingerprint density at radius 1 is 1.33 bits per heavy atom. The third kappa shape index (κ3) is 4.14. The van der Waals surface area contributed by atoms with Crippen molar-refractivity contribution in [1.82, 2.24) is 15.1 Å². The van der Waals surface area contributed by atoms with E-state index in [1.54, 1.807) is 6.92 Å². The summed E-state index contributed by atoms with van der Waals surface area (Å²) in [5.41, 5.74) is 1.34. The van der Waals surface area contributed by atoms with Gasteiger partial charge in [-0.05, 0) is 32.4 Å². The van der Waals surface area contributed by atoms with Crippen molar-refractivity contribution in [2.45, 2.75) is 33.2 Å². The Morgan fingerprint density at radius 2 is 2.00 bits per heavy atom. The molecule has 0 unspecified atom stereocenters. The number of hydrogen-bond donors (Lipinski definition) is 1. The van der Waals surface area contributed by atoms with Crippen LogP contribution in [0.1, 0.15) is 36.3 Å². The summed E-state index contributed by atoms with van der Waals surface area (Å²) in [7, 11) is 0. The number of carbonyl (C=O) groups is 2. The van der Waals surface area contributed by atoms with Crippen molar-refractivity contribution < 1.29 is 14.3 Å². The van der Waals surface area contributed by atoms with Crippen molar-refractivity contribution >= 4 is 23.5 Å². The maximum Gasteiger partial charge on any atom is 0.343 e. The van der Waals surface area contributed by atoms with Gasteiger partial charge in [0.2, 0.25) is 0 Å². The molecule has 0 fully saturated rings. The molecule has 0 bridgehead atoms. The summed E-state index contributed by atoms with van der Waals surface area (Å²) in [5, 5.41) is 7.16. The van der Waals surface area contributed by atoms with Gasteiger partial charge in [0.05, 0.1) is 11.4 Å². The summed E-state index contributed by atoms with van der Waals surface area (Å²) >= 11 is 6.28. The molecule has 2 rings (SSSR count). The number of para-hydroxylation sites is 1. The molecule has 1 atom stereocenters. The number of nitrogens with one attached hydrogen (secondary N) is 1. The number of aromatic nitrogens is 2. The Bertz CT molecular complexity index is 728. The van der Waals surface area contributed by atoms with Crippen LogP contribution < -0.4 is 5.32 Å². The quantitative estimate of drug-likeness (QED) is 0.814. The minimum Gasteiger partial charge on any atom is -0.452 e. The van der Waals surface area contributed by atoms with E-state index in [4.69, 9.17) is 16.3 Å². The predicted octanol–water partition coefficient (Wildman–Crippen LogP) is 2.91. The summed E-state index contributed by atoms with van der Waals surface area (Å²) < 4.78 is 6.52. The van der Waals surface area contributed by atoms with E-state index in [1.807, 2.05) is 44.2 Å². The summed E-state index contributed by atoms with van der Waals surface area (Å²) in [4.78, 5) is 24.0. The minimum absolute atomic E-state index is 0.0300. The van der Waals surface area contributed by atoms with Crippen molar-refractivity contribution in [2.24, 2.45) is 0 Å². The molecule has 0 aliphatic heterocycles. The second-order valence-corrected chi connectivity index (χ2v) is 5.81. The number of benzene rings is 1. The van der Waals surface area contributed by atoms with Gasteiger partial charge in [0.1, 0.15) is 10.7 Å². The maximum absolute atomic E-state index is 12.3. The molecule has 1 aromatic carbocycles. The van der Waals surface area contributed by atoms with E-state index in [2.05, 4.69) is 10.4 Å². The lowest BCUT2D eigenvalue weighted by Crippen LogP contribution is -2.35. The van der Waals surface area contributed by atoms with E-state index in [-0.39, 0.29) is 29.3 Å².